The number of ether oxygens (including phenoxy) is 4. The van der Waals surface area contributed by atoms with Crippen LogP contribution in [0.2, 0.25) is 0 Å². The number of benzene rings is 2. The molecule has 3 N–H and O–H groups in total. The number of hydrogen-bond acceptors (Lipinski definition) is 11. The molecule has 244 valence electrons. The van der Waals surface area contributed by atoms with E-state index in [1.54, 1.807) is 51.1 Å². The minimum absolute atomic E-state index is 0.00307. The number of fused-ring (bicyclic) bond motifs is 1. The van der Waals surface area contributed by atoms with E-state index in [1.807, 2.05) is 0 Å². The van der Waals surface area contributed by atoms with Gasteiger partial charge in [-0.3, -0.25) is 29.4 Å². The van der Waals surface area contributed by atoms with Crippen LogP contribution in [0, 0.1) is 0 Å². The second-order valence-electron chi connectivity index (χ2n) is 11.2. The summed E-state index contributed by atoms with van der Waals surface area (Å²) in [5.41, 5.74) is 1.22. The number of amides is 5. The molecule has 0 atom stereocenters. The molecule has 2 aliphatic rings. The number of rotatable bonds is 12. The molecule has 0 bridgehead atoms. The molecule has 46 heavy (non-hydrogen) atoms. The van der Waals surface area contributed by atoms with Gasteiger partial charge in [-0.15, -0.1) is 0 Å². The Labute approximate surface area is 265 Å². The van der Waals surface area contributed by atoms with Gasteiger partial charge in [0.2, 0.25) is 11.7 Å². The first kappa shape index (κ1) is 33.4. The average Bonchev–Trinajstić information content (AvgIpc) is 3.34. The number of methoxy groups -OCH3 is 2. The van der Waals surface area contributed by atoms with Crippen LogP contribution in [0.15, 0.2) is 52.3 Å². The maximum atomic E-state index is 13.1. The fourth-order valence-corrected chi connectivity index (χ4v) is 4.55. The van der Waals surface area contributed by atoms with E-state index in [0.717, 1.165) is 0 Å². The minimum Gasteiger partial charge on any atom is -0.493 e. The summed E-state index contributed by atoms with van der Waals surface area (Å²) in [6, 6.07) is 8.09. The van der Waals surface area contributed by atoms with E-state index >= 15 is 0 Å². The van der Waals surface area contributed by atoms with Crippen molar-refractivity contribution in [1.82, 2.24) is 20.9 Å². The lowest BCUT2D eigenvalue weighted by molar-refractivity contribution is -0.129. The van der Waals surface area contributed by atoms with E-state index in [9.17, 15) is 24.0 Å². The van der Waals surface area contributed by atoms with Gasteiger partial charge in [0.15, 0.2) is 18.1 Å². The Hall–Kier alpha value is -5.47. The molecule has 0 fully saturated rings. The lowest BCUT2D eigenvalue weighted by atomic mass is 10.1. The van der Waals surface area contributed by atoms with Crippen molar-refractivity contribution in [3.05, 3.63) is 53.2 Å². The van der Waals surface area contributed by atoms with Crippen LogP contribution >= 0.6 is 0 Å². The summed E-state index contributed by atoms with van der Waals surface area (Å²) in [4.78, 5) is 62.3. The first-order valence-electron chi connectivity index (χ1n) is 14.4. The highest BCUT2D eigenvalue weighted by molar-refractivity contribution is 6.11. The van der Waals surface area contributed by atoms with E-state index in [4.69, 9.17) is 18.9 Å². The van der Waals surface area contributed by atoms with Gasteiger partial charge in [-0.1, -0.05) is 6.07 Å². The molecular formula is C31H36N6O9. The zero-order valence-corrected chi connectivity index (χ0v) is 26.2. The summed E-state index contributed by atoms with van der Waals surface area (Å²) < 4.78 is 21.8. The summed E-state index contributed by atoms with van der Waals surface area (Å²) in [7, 11) is 2.85. The molecule has 4 rings (SSSR count). The summed E-state index contributed by atoms with van der Waals surface area (Å²) in [6.07, 6.45) is 1.39. The van der Waals surface area contributed by atoms with Crippen LogP contribution in [0.5, 0.6) is 17.2 Å². The number of carbonyl (C=O) groups excluding carboxylic acids is 5. The molecule has 0 aromatic heterocycles. The van der Waals surface area contributed by atoms with Gasteiger partial charge in [-0.25, -0.2) is 4.79 Å². The van der Waals surface area contributed by atoms with Crippen LogP contribution in [-0.4, -0.2) is 74.1 Å². The Morgan fingerprint density at radius 3 is 2.35 bits per heavy atom. The molecule has 2 aromatic rings. The Morgan fingerprint density at radius 1 is 1.00 bits per heavy atom. The molecule has 0 spiro atoms. The number of nitrogens with zero attached hydrogens (tertiary/aromatic N) is 3. The van der Waals surface area contributed by atoms with Gasteiger partial charge in [-0.2, -0.15) is 10.2 Å². The van der Waals surface area contributed by atoms with Crippen molar-refractivity contribution in [2.75, 3.05) is 33.9 Å². The zero-order valence-electron chi connectivity index (χ0n) is 26.2. The van der Waals surface area contributed by atoms with Crippen LogP contribution < -0.4 is 30.2 Å². The molecule has 2 heterocycles. The lowest BCUT2D eigenvalue weighted by Gasteiger charge is -2.21. The predicted molar refractivity (Wildman–Crippen MR) is 163 cm³/mol. The SMILES string of the molecule is COc1cc(N=Nc2cccc3c2CN(C2=CCC(=O)NC2=O)C3=O)cc(OC)c1OCC(=O)NCCCNC(=O)OC(C)(C)C. The maximum absolute atomic E-state index is 13.1. The highest BCUT2D eigenvalue weighted by atomic mass is 16.6. The first-order valence-corrected chi connectivity index (χ1v) is 14.4. The first-order chi connectivity index (χ1) is 21.9. The number of azo groups is 1. The van der Waals surface area contributed by atoms with E-state index in [0.29, 0.717) is 42.0 Å². The van der Waals surface area contributed by atoms with Gasteiger partial charge in [0, 0.05) is 42.8 Å². The second-order valence-corrected chi connectivity index (χ2v) is 11.2. The lowest BCUT2D eigenvalue weighted by Crippen LogP contribution is -2.41. The molecule has 0 radical (unpaired) electrons. The molecule has 0 saturated carbocycles. The molecule has 2 aliphatic heterocycles. The summed E-state index contributed by atoms with van der Waals surface area (Å²) in [5.74, 6) is -1.16. The number of imide groups is 1. The van der Waals surface area contributed by atoms with Crippen molar-refractivity contribution in [3.63, 3.8) is 0 Å². The molecule has 15 nitrogen and oxygen atoms in total. The summed E-state index contributed by atoms with van der Waals surface area (Å²) in [6.45, 7) is 5.71. The number of nitrogens with one attached hydrogen (secondary N) is 3. The average molecular weight is 637 g/mol. The van der Waals surface area contributed by atoms with E-state index in [-0.39, 0.29) is 54.3 Å². The molecule has 0 aliphatic carbocycles. The van der Waals surface area contributed by atoms with Crippen LogP contribution in [0.3, 0.4) is 0 Å². The monoisotopic (exact) mass is 636 g/mol. The molecule has 5 amide bonds. The third-order valence-corrected chi connectivity index (χ3v) is 6.61. The van der Waals surface area contributed by atoms with Gasteiger partial charge >= 0.3 is 6.09 Å². The van der Waals surface area contributed by atoms with Crippen LogP contribution in [0.4, 0.5) is 16.2 Å². The standard InChI is InChI=1S/C31H36N6O9/c1-31(2,3)46-30(42)33-13-7-12-32-26(39)17-45-27-23(43-4)14-18(15-24(27)44-5)35-36-21-9-6-8-19-20(21)16-37(29(19)41)22-10-11-25(38)34-28(22)40/h6,8-10,14-15H,7,11-13,16-17H2,1-5H3,(H,32,39)(H,33,42)(H,34,38,40). The minimum atomic E-state index is -0.632. The predicted octanol–water partition coefficient (Wildman–Crippen LogP) is 3.42. The van der Waals surface area contributed by atoms with Crippen molar-refractivity contribution >= 4 is 41.1 Å². The van der Waals surface area contributed by atoms with Crippen LogP contribution in [0.25, 0.3) is 0 Å². The van der Waals surface area contributed by atoms with Crippen molar-refractivity contribution in [2.45, 2.75) is 45.8 Å². The molecule has 15 heteroatoms. The second kappa shape index (κ2) is 14.5. The van der Waals surface area contributed by atoms with Crippen LogP contribution in [0.1, 0.15) is 49.5 Å². The number of carbonyl (C=O) groups is 5. The van der Waals surface area contributed by atoms with Gasteiger partial charge in [0.1, 0.15) is 11.3 Å². The van der Waals surface area contributed by atoms with Crippen molar-refractivity contribution in [2.24, 2.45) is 10.2 Å². The number of hydrogen-bond donors (Lipinski definition) is 3. The van der Waals surface area contributed by atoms with Gasteiger partial charge in [0.25, 0.3) is 17.7 Å². The molecule has 0 saturated heterocycles. The Balaban J connectivity index is 1.38. The largest absolute Gasteiger partial charge is 0.493 e. The summed E-state index contributed by atoms with van der Waals surface area (Å²) in [5, 5.41) is 16.2. The quantitative estimate of drug-likeness (QED) is 0.178. The van der Waals surface area contributed by atoms with Gasteiger partial charge in [0.05, 0.1) is 32.1 Å². The Kier molecular flexibility index (Phi) is 10.6. The smallest absolute Gasteiger partial charge is 0.407 e. The fraction of sp³-hybridized carbons (Fsp3) is 0.387. The van der Waals surface area contributed by atoms with Crippen molar-refractivity contribution in [3.8, 4) is 17.2 Å². The fourth-order valence-electron chi connectivity index (χ4n) is 4.55. The summed E-state index contributed by atoms with van der Waals surface area (Å²) >= 11 is 0. The normalized spacial score (nSPS) is 14.4. The molecular weight excluding hydrogens is 600 g/mol. The third kappa shape index (κ3) is 8.37. The highest BCUT2D eigenvalue weighted by Crippen LogP contribution is 2.42. The molecule has 0 unspecified atom stereocenters. The van der Waals surface area contributed by atoms with E-state index < -0.39 is 23.5 Å². The third-order valence-electron chi connectivity index (χ3n) is 6.61. The van der Waals surface area contributed by atoms with E-state index in [2.05, 4.69) is 26.2 Å². The Morgan fingerprint density at radius 2 is 1.70 bits per heavy atom. The van der Waals surface area contributed by atoms with Crippen molar-refractivity contribution in [1.29, 1.82) is 0 Å². The number of alkyl carbamates (subject to hydrolysis) is 1. The maximum Gasteiger partial charge on any atom is 0.407 e. The molecule has 2 aromatic carbocycles. The Bertz CT molecular complexity index is 1570. The van der Waals surface area contributed by atoms with Gasteiger partial charge in [-0.05, 0) is 45.4 Å². The topological polar surface area (TPSA) is 186 Å². The van der Waals surface area contributed by atoms with E-state index in [1.165, 1.54) is 25.2 Å². The zero-order chi connectivity index (χ0) is 33.4. The highest BCUT2D eigenvalue weighted by Gasteiger charge is 2.35. The van der Waals surface area contributed by atoms with Crippen LogP contribution in [-0.2, 0) is 25.7 Å². The van der Waals surface area contributed by atoms with Gasteiger partial charge < -0.3 is 29.6 Å². The van der Waals surface area contributed by atoms with Crippen molar-refractivity contribution < 1.29 is 42.9 Å².